The summed E-state index contributed by atoms with van der Waals surface area (Å²) < 4.78 is 46.7. The monoisotopic (exact) mass is 486 g/mol. The maximum atomic E-state index is 13.6. The zero-order valence-corrected chi connectivity index (χ0v) is 20.7. The number of hydrogen-bond donors (Lipinski definition) is 2. The number of anilines is 4. The minimum absolute atomic E-state index is 0.00572. The minimum Gasteiger partial charge on any atom is -0.494 e. The van der Waals surface area contributed by atoms with E-state index in [4.69, 9.17) is 4.74 Å². The smallest absolute Gasteiger partial charge is 0.421 e. The second kappa shape index (κ2) is 11.4. The van der Waals surface area contributed by atoms with E-state index in [0.717, 1.165) is 37.4 Å². The van der Waals surface area contributed by atoms with Crippen LogP contribution in [0.1, 0.15) is 64.5 Å². The molecule has 1 heterocycles. The summed E-state index contributed by atoms with van der Waals surface area (Å²) in [6, 6.07) is 14.5. The Balaban J connectivity index is 1.78. The third-order valence-electron chi connectivity index (χ3n) is 5.46. The second-order valence-corrected chi connectivity index (χ2v) is 9.47. The predicted octanol–water partition coefficient (Wildman–Crippen LogP) is 8.24. The Kier molecular flexibility index (Phi) is 8.59. The van der Waals surface area contributed by atoms with Gasteiger partial charge in [-0.05, 0) is 41.7 Å². The number of nitrogens with one attached hydrogen (secondary N) is 2. The predicted molar refractivity (Wildman–Crippen MR) is 135 cm³/mol. The van der Waals surface area contributed by atoms with Gasteiger partial charge in [-0.1, -0.05) is 65.2 Å². The topological polar surface area (TPSA) is 59.1 Å². The third-order valence-corrected chi connectivity index (χ3v) is 5.46. The van der Waals surface area contributed by atoms with Crippen molar-refractivity contribution in [1.29, 1.82) is 0 Å². The quantitative estimate of drug-likeness (QED) is 0.283. The summed E-state index contributed by atoms with van der Waals surface area (Å²) in [5.74, 6) is 0.320. The summed E-state index contributed by atoms with van der Waals surface area (Å²) in [6.45, 7) is 9.03. The molecule has 0 unspecified atom stereocenters. The van der Waals surface area contributed by atoms with Crippen LogP contribution in [0.3, 0.4) is 0 Å². The van der Waals surface area contributed by atoms with Gasteiger partial charge >= 0.3 is 6.18 Å². The number of unbranched alkanes of at least 4 members (excludes halogenated alkanes) is 3. The Labute approximate surface area is 205 Å². The van der Waals surface area contributed by atoms with Crippen molar-refractivity contribution in [2.45, 2.75) is 65.0 Å². The summed E-state index contributed by atoms with van der Waals surface area (Å²) in [6.07, 6.45) is 0.479. The lowest BCUT2D eigenvalue weighted by Crippen LogP contribution is -2.13. The van der Waals surface area contributed by atoms with Gasteiger partial charge in [0, 0.05) is 23.6 Å². The first-order valence-corrected chi connectivity index (χ1v) is 11.9. The highest BCUT2D eigenvalue weighted by atomic mass is 19.4. The van der Waals surface area contributed by atoms with E-state index >= 15 is 0 Å². The van der Waals surface area contributed by atoms with E-state index in [1.807, 2.05) is 24.3 Å². The van der Waals surface area contributed by atoms with Crippen molar-refractivity contribution < 1.29 is 17.9 Å². The molecule has 0 spiro atoms. The number of rotatable bonds is 10. The zero-order chi connectivity index (χ0) is 25.5. The van der Waals surface area contributed by atoms with E-state index in [2.05, 4.69) is 48.3 Å². The lowest BCUT2D eigenvalue weighted by Gasteiger charge is -2.19. The van der Waals surface area contributed by atoms with Crippen LogP contribution in [0.15, 0.2) is 54.7 Å². The fourth-order valence-electron chi connectivity index (χ4n) is 3.45. The lowest BCUT2D eigenvalue weighted by molar-refractivity contribution is -0.137. The van der Waals surface area contributed by atoms with Gasteiger partial charge in [-0.25, -0.2) is 4.98 Å². The first-order valence-electron chi connectivity index (χ1n) is 11.9. The number of halogens is 3. The molecule has 1 aromatic heterocycles. The normalized spacial score (nSPS) is 11.9. The number of aromatic nitrogens is 2. The highest BCUT2D eigenvalue weighted by Gasteiger charge is 2.35. The van der Waals surface area contributed by atoms with E-state index in [-0.39, 0.29) is 17.2 Å². The molecule has 0 atom stereocenters. The maximum absolute atomic E-state index is 13.6. The summed E-state index contributed by atoms with van der Waals surface area (Å²) in [5, 5.41) is 5.78. The van der Waals surface area contributed by atoms with Crippen molar-refractivity contribution in [3.05, 3.63) is 65.9 Å². The molecule has 0 radical (unpaired) electrons. The van der Waals surface area contributed by atoms with Crippen LogP contribution in [0, 0.1) is 0 Å². The fraction of sp³-hybridized carbons (Fsp3) is 0.407. The van der Waals surface area contributed by atoms with Gasteiger partial charge in [0.1, 0.15) is 17.1 Å². The van der Waals surface area contributed by atoms with Crippen molar-refractivity contribution in [3.63, 3.8) is 0 Å². The van der Waals surface area contributed by atoms with Gasteiger partial charge in [0.05, 0.1) is 6.61 Å². The van der Waals surface area contributed by atoms with Gasteiger partial charge in [0.2, 0.25) is 5.95 Å². The van der Waals surface area contributed by atoms with Crippen LogP contribution < -0.4 is 15.4 Å². The van der Waals surface area contributed by atoms with E-state index in [9.17, 15) is 13.2 Å². The zero-order valence-electron chi connectivity index (χ0n) is 20.7. The molecule has 3 rings (SSSR count). The first-order chi connectivity index (χ1) is 16.6. The van der Waals surface area contributed by atoms with Gasteiger partial charge in [-0.2, -0.15) is 18.2 Å². The van der Waals surface area contributed by atoms with Crippen LogP contribution in [0.5, 0.6) is 5.75 Å². The van der Waals surface area contributed by atoms with Crippen LogP contribution in [-0.2, 0) is 11.6 Å². The average Bonchev–Trinajstić information content (AvgIpc) is 2.78. The van der Waals surface area contributed by atoms with Crippen LogP contribution in [0.25, 0.3) is 0 Å². The minimum atomic E-state index is -4.61. The Hall–Kier alpha value is -3.29. The van der Waals surface area contributed by atoms with E-state index in [0.29, 0.717) is 23.7 Å². The molecule has 0 aliphatic rings. The number of hydrogen-bond acceptors (Lipinski definition) is 5. The first kappa shape index (κ1) is 26.3. The lowest BCUT2D eigenvalue weighted by atomic mass is 9.87. The molecule has 8 heteroatoms. The van der Waals surface area contributed by atoms with Crippen molar-refractivity contribution in [1.82, 2.24) is 9.97 Å². The Morgan fingerprint density at radius 2 is 1.63 bits per heavy atom. The summed E-state index contributed by atoms with van der Waals surface area (Å²) in [4.78, 5) is 8.02. The molecule has 0 fully saturated rings. The van der Waals surface area contributed by atoms with E-state index in [1.54, 1.807) is 24.3 Å². The van der Waals surface area contributed by atoms with E-state index < -0.39 is 11.7 Å². The molecule has 0 amide bonds. The molecule has 5 nitrogen and oxygen atoms in total. The molecule has 35 heavy (non-hydrogen) atoms. The highest BCUT2D eigenvalue weighted by Crippen LogP contribution is 2.36. The molecule has 2 N–H and O–H groups in total. The summed E-state index contributed by atoms with van der Waals surface area (Å²) in [5.41, 5.74) is 1.32. The summed E-state index contributed by atoms with van der Waals surface area (Å²) >= 11 is 0. The largest absolute Gasteiger partial charge is 0.494 e. The van der Waals surface area contributed by atoms with Crippen LogP contribution in [-0.4, -0.2) is 16.6 Å². The van der Waals surface area contributed by atoms with Crippen molar-refractivity contribution in [3.8, 4) is 5.75 Å². The van der Waals surface area contributed by atoms with Gasteiger partial charge in [0.15, 0.2) is 0 Å². The molecule has 0 saturated carbocycles. The Morgan fingerprint density at radius 1 is 0.886 bits per heavy atom. The van der Waals surface area contributed by atoms with Gasteiger partial charge in [-0.15, -0.1) is 0 Å². The number of alkyl halides is 3. The Bertz CT molecular complexity index is 1090. The molecule has 0 bridgehead atoms. The van der Waals surface area contributed by atoms with Gasteiger partial charge in [-0.3, -0.25) is 0 Å². The van der Waals surface area contributed by atoms with Crippen LogP contribution in [0.4, 0.5) is 36.3 Å². The standard InChI is InChI=1S/C27H33F3N4O/c1-5-6-7-8-16-35-22-11-9-10-21(17-22)32-24-23(27(28,29)30)18-31-25(34-24)33-20-14-12-19(13-15-20)26(2,3)4/h9-15,17-18H,5-8,16H2,1-4H3,(H2,31,32,33,34). The SMILES string of the molecule is CCCCCCOc1cccc(Nc2nc(Nc3ccc(C(C)(C)C)cc3)ncc2C(F)(F)F)c1. The number of benzene rings is 2. The molecule has 3 aromatic rings. The van der Waals surface area contributed by atoms with Crippen molar-refractivity contribution >= 4 is 23.1 Å². The van der Waals surface area contributed by atoms with Gasteiger partial charge < -0.3 is 15.4 Å². The maximum Gasteiger partial charge on any atom is 0.421 e. The van der Waals surface area contributed by atoms with Crippen molar-refractivity contribution in [2.24, 2.45) is 0 Å². The fourth-order valence-corrected chi connectivity index (χ4v) is 3.45. The van der Waals surface area contributed by atoms with E-state index in [1.165, 1.54) is 0 Å². The van der Waals surface area contributed by atoms with Crippen LogP contribution in [0.2, 0.25) is 0 Å². The van der Waals surface area contributed by atoms with Crippen LogP contribution >= 0.6 is 0 Å². The molecular weight excluding hydrogens is 453 g/mol. The summed E-state index contributed by atoms with van der Waals surface area (Å²) in [7, 11) is 0. The average molecular weight is 487 g/mol. The highest BCUT2D eigenvalue weighted by molar-refractivity contribution is 5.64. The molecular formula is C27H33F3N4O. The molecule has 2 aromatic carbocycles. The number of nitrogens with zero attached hydrogens (tertiary/aromatic N) is 2. The Morgan fingerprint density at radius 3 is 2.29 bits per heavy atom. The van der Waals surface area contributed by atoms with Gasteiger partial charge in [0.25, 0.3) is 0 Å². The van der Waals surface area contributed by atoms with Crippen molar-refractivity contribution in [2.75, 3.05) is 17.2 Å². The molecule has 188 valence electrons. The third kappa shape index (κ3) is 7.87. The molecule has 0 aliphatic carbocycles. The molecule has 0 aliphatic heterocycles. The number of ether oxygens (including phenoxy) is 1. The second-order valence-electron chi connectivity index (χ2n) is 9.47. The molecule has 0 saturated heterocycles.